The Morgan fingerprint density at radius 3 is 2.43 bits per heavy atom. The number of pyridine rings is 1. The number of aryl methyl sites for hydroxylation is 2. The molecule has 2 fully saturated rings. The molecule has 0 radical (unpaired) electrons. The first kappa shape index (κ1) is 35.1. The zero-order valence-electron chi connectivity index (χ0n) is 30.5. The lowest BCUT2D eigenvalue weighted by molar-refractivity contribution is 0.0917. The van der Waals surface area contributed by atoms with Gasteiger partial charge in [0.25, 0.3) is 11.5 Å². The number of fused-ring (bicyclic) bond motifs is 2. The Bertz CT molecular complexity index is 2220. The molecule has 1 saturated carbocycles. The summed E-state index contributed by atoms with van der Waals surface area (Å²) >= 11 is 0. The minimum Gasteiger partial charge on any atom is -0.348 e. The number of aromatic nitrogens is 5. The van der Waals surface area contributed by atoms with E-state index in [-0.39, 0.29) is 23.0 Å². The summed E-state index contributed by atoms with van der Waals surface area (Å²) in [6.07, 6.45) is 8.12. The topological polar surface area (TPSA) is 110 Å². The standard InChI is InChI=1S/C41H47FN8O3/c1-27(2)47-20-18-46(19-21-47)25-28-9-11-29(12-10-28)30-6-5-7-34(22-30)49-38-35(23-31(42)24-43-38)40(52)50(41(49)53)33-15-13-32(14-16-33)44-39(51)36-26-48-17-4-3-8-37(48)45-36/h5-7,9-12,22-24,26-27,32-33H,3-4,8,13-21,25H2,1-2H3,(H,44,51). The van der Waals surface area contributed by atoms with Gasteiger partial charge >= 0.3 is 5.69 Å². The van der Waals surface area contributed by atoms with Crippen molar-refractivity contribution in [1.82, 2.24) is 38.8 Å². The van der Waals surface area contributed by atoms with Crippen LogP contribution in [0.3, 0.4) is 0 Å². The second kappa shape index (κ2) is 14.8. The fourth-order valence-electron chi connectivity index (χ4n) is 8.32. The van der Waals surface area contributed by atoms with Crippen LogP contribution in [0.4, 0.5) is 4.39 Å². The number of nitrogens with zero attached hydrogens (tertiary/aromatic N) is 7. The van der Waals surface area contributed by atoms with Gasteiger partial charge in [-0.2, -0.15) is 0 Å². The average molecular weight is 719 g/mol. The Morgan fingerprint density at radius 2 is 1.70 bits per heavy atom. The lowest BCUT2D eigenvalue weighted by Gasteiger charge is -2.36. The summed E-state index contributed by atoms with van der Waals surface area (Å²) in [5, 5.41) is 3.17. The highest BCUT2D eigenvalue weighted by molar-refractivity contribution is 5.92. The van der Waals surface area contributed by atoms with Crippen molar-refractivity contribution in [3.05, 3.63) is 111 Å². The molecule has 0 bridgehead atoms. The summed E-state index contributed by atoms with van der Waals surface area (Å²) in [4.78, 5) is 55.2. The number of hydrogen-bond acceptors (Lipinski definition) is 7. The van der Waals surface area contributed by atoms with Crippen LogP contribution < -0.4 is 16.6 Å². The molecule has 276 valence electrons. The van der Waals surface area contributed by atoms with E-state index in [1.807, 2.05) is 30.5 Å². The molecule has 5 heterocycles. The first-order valence-electron chi connectivity index (χ1n) is 19.1. The molecular formula is C41H47FN8O3. The first-order chi connectivity index (χ1) is 25.7. The predicted octanol–water partition coefficient (Wildman–Crippen LogP) is 5.33. The highest BCUT2D eigenvalue weighted by atomic mass is 19.1. The van der Waals surface area contributed by atoms with Crippen molar-refractivity contribution in [3.8, 4) is 16.8 Å². The molecule has 0 unspecified atom stereocenters. The van der Waals surface area contributed by atoms with Crippen molar-refractivity contribution >= 4 is 16.9 Å². The van der Waals surface area contributed by atoms with Crippen LogP contribution in [0, 0.1) is 5.82 Å². The van der Waals surface area contributed by atoms with Crippen LogP contribution in [0.5, 0.6) is 0 Å². The number of hydrogen-bond donors (Lipinski definition) is 1. The summed E-state index contributed by atoms with van der Waals surface area (Å²) in [6, 6.07) is 17.4. The van der Waals surface area contributed by atoms with Crippen LogP contribution in [0.1, 0.15) is 80.3 Å². The molecule has 12 heteroatoms. The van der Waals surface area contributed by atoms with E-state index in [0.717, 1.165) is 81.7 Å². The van der Waals surface area contributed by atoms with E-state index in [2.05, 4.69) is 67.8 Å². The van der Waals surface area contributed by atoms with E-state index in [4.69, 9.17) is 0 Å². The maximum Gasteiger partial charge on any atom is 0.337 e. The third-order valence-corrected chi connectivity index (χ3v) is 11.4. The van der Waals surface area contributed by atoms with Gasteiger partial charge in [0, 0.05) is 70.0 Å². The Morgan fingerprint density at radius 1 is 0.925 bits per heavy atom. The smallest absolute Gasteiger partial charge is 0.337 e. The highest BCUT2D eigenvalue weighted by Gasteiger charge is 2.29. The highest BCUT2D eigenvalue weighted by Crippen LogP contribution is 2.29. The molecule has 11 nitrogen and oxygen atoms in total. The van der Waals surface area contributed by atoms with E-state index in [1.54, 1.807) is 0 Å². The third kappa shape index (κ3) is 7.22. The van der Waals surface area contributed by atoms with Crippen molar-refractivity contribution in [3.63, 3.8) is 0 Å². The van der Waals surface area contributed by atoms with Crippen LogP contribution in [0.15, 0.2) is 76.6 Å². The van der Waals surface area contributed by atoms with Gasteiger partial charge in [-0.15, -0.1) is 0 Å². The number of nitrogens with one attached hydrogen (secondary N) is 1. The van der Waals surface area contributed by atoms with Gasteiger partial charge in [-0.3, -0.25) is 24.0 Å². The van der Waals surface area contributed by atoms with Crippen LogP contribution in [0.25, 0.3) is 27.8 Å². The van der Waals surface area contributed by atoms with Crippen LogP contribution in [-0.2, 0) is 19.5 Å². The fourth-order valence-corrected chi connectivity index (χ4v) is 8.32. The first-order valence-corrected chi connectivity index (χ1v) is 19.1. The zero-order valence-corrected chi connectivity index (χ0v) is 30.5. The molecule has 0 atom stereocenters. The van der Waals surface area contributed by atoms with Gasteiger partial charge < -0.3 is 9.88 Å². The molecular weight excluding hydrogens is 672 g/mol. The summed E-state index contributed by atoms with van der Waals surface area (Å²) in [6.45, 7) is 10.5. The molecule has 8 rings (SSSR count). The van der Waals surface area contributed by atoms with E-state index in [9.17, 15) is 18.8 Å². The van der Waals surface area contributed by atoms with Gasteiger partial charge in [-0.05, 0) is 87.3 Å². The Labute approximate surface area is 308 Å². The summed E-state index contributed by atoms with van der Waals surface area (Å²) < 4.78 is 19.3. The van der Waals surface area contributed by atoms with Crippen LogP contribution >= 0.6 is 0 Å². The van der Waals surface area contributed by atoms with E-state index in [0.29, 0.717) is 43.1 Å². The Balaban J connectivity index is 1.02. The third-order valence-electron chi connectivity index (χ3n) is 11.4. The Kier molecular flexibility index (Phi) is 9.82. The number of carbonyl (C=O) groups excluding carboxylic acids is 1. The number of carbonyl (C=O) groups is 1. The second-order valence-electron chi connectivity index (χ2n) is 15.1. The Hall–Kier alpha value is -4.94. The van der Waals surface area contributed by atoms with Gasteiger partial charge in [0.05, 0.1) is 17.3 Å². The minimum atomic E-state index is -0.644. The lowest BCUT2D eigenvalue weighted by Crippen LogP contribution is -2.48. The molecule has 2 aromatic carbocycles. The molecule has 2 aliphatic heterocycles. The number of halogens is 1. The van der Waals surface area contributed by atoms with Crippen molar-refractivity contribution in [2.45, 2.75) is 90.0 Å². The maximum absolute atomic E-state index is 14.6. The predicted molar refractivity (Wildman–Crippen MR) is 203 cm³/mol. The van der Waals surface area contributed by atoms with E-state index >= 15 is 0 Å². The van der Waals surface area contributed by atoms with Crippen LogP contribution in [-0.4, -0.2) is 77.6 Å². The SMILES string of the molecule is CC(C)N1CCN(Cc2ccc(-c3cccc(-n4c(=O)n(C5CCC(NC(=O)c6cn7c(n6)CCCC7)CC5)c(=O)c5cc(F)cnc54)c3)cc2)CC1. The number of piperazine rings is 1. The van der Waals surface area contributed by atoms with Crippen molar-refractivity contribution < 1.29 is 9.18 Å². The monoisotopic (exact) mass is 718 g/mol. The van der Waals surface area contributed by atoms with Gasteiger partial charge in [0.1, 0.15) is 17.3 Å². The quantitative estimate of drug-likeness (QED) is 0.231. The number of imidazole rings is 1. The molecule has 3 aromatic heterocycles. The van der Waals surface area contributed by atoms with Crippen molar-refractivity contribution in [2.24, 2.45) is 0 Å². The van der Waals surface area contributed by atoms with E-state index in [1.165, 1.54) is 20.8 Å². The zero-order chi connectivity index (χ0) is 36.6. The summed E-state index contributed by atoms with van der Waals surface area (Å²) in [5.74, 6) is 0.111. The van der Waals surface area contributed by atoms with Crippen molar-refractivity contribution in [2.75, 3.05) is 26.2 Å². The molecule has 1 aliphatic carbocycles. The molecule has 0 spiro atoms. The average Bonchev–Trinajstić information content (AvgIpc) is 3.62. The largest absolute Gasteiger partial charge is 0.348 e. The van der Waals surface area contributed by atoms with Crippen LogP contribution in [0.2, 0.25) is 0 Å². The molecule has 5 aromatic rings. The number of amides is 1. The molecule has 1 amide bonds. The normalized spacial score (nSPS) is 19.8. The fraction of sp³-hybridized carbons (Fsp3) is 0.439. The van der Waals surface area contributed by atoms with Gasteiger partial charge in [0.15, 0.2) is 5.65 Å². The minimum absolute atomic E-state index is 0.0489. The second-order valence-corrected chi connectivity index (χ2v) is 15.1. The molecule has 1 N–H and O–H groups in total. The molecule has 1 saturated heterocycles. The van der Waals surface area contributed by atoms with Gasteiger partial charge in [-0.1, -0.05) is 36.4 Å². The maximum atomic E-state index is 14.6. The van der Waals surface area contributed by atoms with Crippen molar-refractivity contribution in [1.29, 1.82) is 0 Å². The van der Waals surface area contributed by atoms with Gasteiger partial charge in [-0.25, -0.2) is 23.7 Å². The summed E-state index contributed by atoms with van der Waals surface area (Å²) in [5.41, 5.74) is 3.19. The van der Waals surface area contributed by atoms with Gasteiger partial charge in [0.2, 0.25) is 0 Å². The number of benzene rings is 2. The lowest BCUT2D eigenvalue weighted by atomic mass is 9.90. The summed E-state index contributed by atoms with van der Waals surface area (Å²) in [7, 11) is 0. The molecule has 3 aliphatic rings. The number of rotatable bonds is 8. The van der Waals surface area contributed by atoms with E-state index < -0.39 is 23.1 Å². The molecule has 53 heavy (non-hydrogen) atoms.